The van der Waals surface area contributed by atoms with Crippen LogP contribution < -0.4 is 10.6 Å². The number of anilines is 1. The van der Waals surface area contributed by atoms with Gasteiger partial charge in [0.05, 0.1) is 6.61 Å². The number of hydrogen-bond donors (Lipinski definition) is 1. The molecule has 0 aromatic heterocycles. The molecule has 17 heavy (non-hydrogen) atoms. The standard InChI is InChI=1S/C14H22N2O/c1-16(13-7-3-2-4-8-13)14(10-15)12-6-5-9-17-11-12/h2-4,7-8,12,14H,5-6,9-11,15H2,1H3. The number of likely N-dealkylation sites (N-methyl/N-ethyl adjacent to an activating group) is 1. The summed E-state index contributed by atoms with van der Waals surface area (Å²) >= 11 is 0. The quantitative estimate of drug-likeness (QED) is 0.864. The zero-order valence-electron chi connectivity index (χ0n) is 10.5. The highest BCUT2D eigenvalue weighted by molar-refractivity contribution is 5.46. The average molecular weight is 234 g/mol. The molecule has 0 radical (unpaired) electrons. The van der Waals surface area contributed by atoms with E-state index in [1.165, 1.54) is 12.1 Å². The molecule has 0 bridgehead atoms. The molecule has 0 amide bonds. The van der Waals surface area contributed by atoms with E-state index in [-0.39, 0.29) is 0 Å². The highest BCUT2D eigenvalue weighted by atomic mass is 16.5. The molecule has 1 aliphatic rings. The minimum atomic E-state index is 0.373. The Morgan fingerprint density at radius 2 is 2.18 bits per heavy atom. The van der Waals surface area contributed by atoms with Crippen molar-refractivity contribution in [2.24, 2.45) is 11.7 Å². The molecule has 1 aliphatic heterocycles. The molecular formula is C14H22N2O. The van der Waals surface area contributed by atoms with Gasteiger partial charge in [0.25, 0.3) is 0 Å². The van der Waals surface area contributed by atoms with E-state index in [1.807, 2.05) is 6.07 Å². The van der Waals surface area contributed by atoms with Gasteiger partial charge >= 0.3 is 0 Å². The number of nitrogens with zero attached hydrogens (tertiary/aromatic N) is 1. The van der Waals surface area contributed by atoms with Crippen molar-refractivity contribution >= 4 is 5.69 Å². The van der Waals surface area contributed by atoms with Crippen LogP contribution in [0.25, 0.3) is 0 Å². The first-order valence-electron chi connectivity index (χ1n) is 6.38. The summed E-state index contributed by atoms with van der Waals surface area (Å²) in [5, 5.41) is 0. The lowest BCUT2D eigenvalue weighted by Crippen LogP contribution is -2.46. The van der Waals surface area contributed by atoms with Crippen LogP contribution in [0.2, 0.25) is 0 Å². The molecule has 2 N–H and O–H groups in total. The Kier molecular flexibility index (Phi) is 4.40. The van der Waals surface area contributed by atoms with Gasteiger partial charge in [-0.15, -0.1) is 0 Å². The number of benzene rings is 1. The maximum Gasteiger partial charge on any atom is 0.0514 e. The maximum absolute atomic E-state index is 5.94. The monoisotopic (exact) mass is 234 g/mol. The number of hydrogen-bond acceptors (Lipinski definition) is 3. The van der Waals surface area contributed by atoms with Crippen molar-refractivity contribution in [3.8, 4) is 0 Å². The van der Waals surface area contributed by atoms with E-state index in [0.29, 0.717) is 18.5 Å². The van der Waals surface area contributed by atoms with Crippen molar-refractivity contribution in [1.29, 1.82) is 0 Å². The fraction of sp³-hybridized carbons (Fsp3) is 0.571. The van der Waals surface area contributed by atoms with Crippen LogP contribution in [0.3, 0.4) is 0 Å². The van der Waals surface area contributed by atoms with Gasteiger partial charge in [-0.3, -0.25) is 0 Å². The molecule has 2 unspecified atom stereocenters. The van der Waals surface area contributed by atoms with Gasteiger partial charge in [0, 0.05) is 37.8 Å². The Morgan fingerprint density at radius 1 is 1.41 bits per heavy atom. The SMILES string of the molecule is CN(c1ccccc1)C(CN)C1CCCOC1. The lowest BCUT2D eigenvalue weighted by Gasteiger charge is -2.37. The molecular weight excluding hydrogens is 212 g/mol. The number of ether oxygens (including phenoxy) is 1. The first-order valence-corrected chi connectivity index (χ1v) is 6.38. The van der Waals surface area contributed by atoms with Crippen molar-refractivity contribution < 1.29 is 4.74 Å². The highest BCUT2D eigenvalue weighted by Gasteiger charge is 2.26. The molecule has 1 saturated heterocycles. The molecule has 94 valence electrons. The minimum absolute atomic E-state index is 0.373. The average Bonchev–Trinajstić information content (AvgIpc) is 2.42. The summed E-state index contributed by atoms with van der Waals surface area (Å²) < 4.78 is 5.57. The van der Waals surface area contributed by atoms with E-state index in [0.717, 1.165) is 19.6 Å². The second kappa shape index (κ2) is 6.03. The van der Waals surface area contributed by atoms with Gasteiger partial charge in [0.1, 0.15) is 0 Å². The Labute approximate surface area is 104 Å². The van der Waals surface area contributed by atoms with E-state index in [4.69, 9.17) is 10.5 Å². The van der Waals surface area contributed by atoms with Crippen LogP contribution in [0.5, 0.6) is 0 Å². The van der Waals surface area contributed by atoms with Crippen LogP contribution >= 0.6 is 0 Å². The molecule has 3 heteroatoms. The van der Waals surface area contributed by atoms with Crippen molar-refractivity contribution in [3.05, 3.63) is 30.3 Å². The summed E-state index contributed by atoms with van der Waals surface area (Å²) in [6.07, 6.45) is 2.38. The summed E-state index contributed by atoms with van der Waals surface area (Å²) in [5.74, 6) is 0.555. The van der Waals surface area contributed by atoms with E-state index in [9.17, 15) is 0 Å². The summed E-state index contributed by atoms with van der Waals surface area (Å²) in [5.41, 5.74) is 7.17. The van der Waals surface area contributed by atoms with Crippen molar-refractivity contribution in [2.45, 2.75) is 18.9 Å². The van der Waals surface area contributed by atoms with Crippen molar-refractivity contribution in [2.75, 3.05) is 31.7 Å². The van der Waals surface area contributed by atoms with Crippen LogP contribution in [0.4, 0.5) is 5.69 Å². The topological polar surface area (TPSA) is 38.5 Å². The number of rotatable bonds is 4. The Hall–Kier alpha value is -1.06. The Morgan fingerprint density at radius 3 is 2.76 bits per heavy atom. The molecule has 1 heterocycles. The molecule has 0 saturated carbocycles. The molecule has 1 fully saturated rings. The molecule has 0 aliphatic carbocycles. The Bertz CT molecular complexity index is 322. The van der Waals surface area contributed by atoms with Gasteiger partial charge in [-0.2, -0.15) is 0 Å². The maximum atomic E-state index is 5.94. The first-order chi connectivity index (χ1) is 8.33. The first kappa shape index (κ1) is 12.4. The van der Waals surface area contributed by atoms with Gasteiger partial charge < -0.3 is 15.4 Å². The van der Waals surface area contributed by atoms with Gasteiger partial charge in [0.15, 0.2) is 0 Å². The molecule has 0 spiro atoms. The minimum Gasteiger partial charge on any atom is -0.381 e. The predicted octanol–water partition coefficient (Wildman–Crippen LogP) is 1.88. The van der Waals surface area contributed by atoms with Crippen molar-refractivity contribution in [3.63, 3.8) is 0 Å². The third kappa shape index (κ3) is 2.99. The molecule has 3 nitrogen and oxygen atoms in total. The molecule has 1 aromatic rings. The largest absolute Gasteiger partial charge is 0.381 e. The van der Waals surface area contributed by atoms with Crippen LogP contribution in [-0.2, 0) is 4.74 Å². The Balaban J connectivity index is 2.06. The fourth-order valence-electron chi connectivity index (χ4n) is 2.59. The summed E-state index contributed by atoms with van der Waals surface area (Å²) in [4.78, 5) is 2.29. The van der Waals surface area contributed by atoms with E-state index in [1.54, 1.807) is 0 Å². The number of nitrogens with two attached hydrogens (primary N) is 1. The normalized spacial score (nSPS) is 22.1. The fourth-order valence-corrected chi connectivity index (χ4v) is 2.59. The molecule has 2 atom stereocenters. The number of para-hydroxylation sites is 1. The molecule has 1 aromatic carbocycles. The van der Waals surface area contributed by atoms with Crippen LogP contribution in [0, 0.1) is 5.92 Å². The van der Waals surface area contributed by atoms with E-state index >= 15 is 0 Å². The second-order valence-corrected chi connectivity index (χ2v) is 4.73. The third-order valence-corrected chi connectivity index (χ3v) is 3.64. The van der Waals surface area contributed by atoms with Gasteiger partial charge in [-0.1, -0.05) is 18.2 Å². The van der Waals surface area contributed by atoms with Gasteiger partial charge in [0.2, 0.25) is 0 Å². The lowest BCUT2D eigenvalue weighted by atomic mass is 9.92. The molecule has 2 rings (SSSR count). The summed E-state index contributed by atoms with van der Waals surface area (Å²) in [6, 6.07) is 10.8. The smallest absolute Gasteiger partial charge is 0.0514 e. The second-order valence-electron chi connectivity index (χ2n) is 4.73. The van der Waals surface area contributed by atoms with E-state index in [2.05, 4.69) is 36.2 Å². The summed E-state index contributed by atoms with van der Waals surface area (Å²) in [7, 11) is 2.13. The third-order valence-electron chi connectivity index (χ3n) is 3.64. The van der Waals surface area contributed by atoms with Crippen LogP contribution in [0.1, 0.15) is 12.8 Å². The zero-order chi connectivity index (χ0) is 12.1. The van der Waals surface area contributed by atoms with Crippen LogP contribution in [-0.4, -0.2) is 32.8 Å². The van der Waals surface area contributed by atoms with E-state index < -0.39 is 0 Å². The summed E-state index contributed by atoms with van der Waals surface area (Å²) in [6.45, 7) is 2.43. The van der Waals surface area contributed by atoms with Crippen LogP contribution in [0.15, 0.2) is 30.3 Å². The highest BCUT2D eigenvalue weighted by Crippen LogP contribution is 2.24. The zero-order valence-corrected chi connectivity index (χ0v) is 10.5. The lowest BCUT2D eigenvalue weighted by molar-refractivity contribution is 0.0453. The van der Waals surface area contributed by atoms with Crippen molar-refractivity contribution in [1.82, 2.24) is 0 Å². The van der Waals surface area contributed by atoms with Gasteiger partial charge in [-0.25, -0.2) is 0 Å². The predicted molar refractivity (Wildman–Crippen MR) is 71.2 cm³/mol. The van der Waals surface area contributed by atoms with Gasteiger partial charge in [-0.05, 0) is 25.0 Å².